The van der Waals surface area contributed by atoms with Gasteiger partial charge in [0, 0.05) is 36.6 Å². The molecule has 0 atom stereocenters. The summed E-state index contributed by atoms with van der Waals surface area (Å²) >= 11 is 0. The van der Waals surface area contributed by atoms with Crippen LogP contribution in [0.3, 0.4) is 0 Å². The van der Waals surface area contributed by atoms with E-state index >= 15 is 0 Å². The van der Waals surface area contributed by atoms with Crippen LogP contribution < -0.4 is 10.6 Å². The number of anilines is 2. The highest BCUT2D eigenvalue weighted by Gasteiger charge is 2.20. The normalized spacial score (nSPS) is 14.3. The number of nitrogens with one attached hydrogen (secondary N) is 2. The summed E-state index contributed by atoms with van der Waals surface area (Å²) in [5.41, 5.74) is 5.52. The van der Waals surface area contributed by atoms with Gasteiger partial charge in [0.1, 0.15) is 16.9 Å². The molecule has 0 spiro atoms. The van der Waals surface area contributed by atoms with Crippen LogP contribution in [0.25, 0.3) is 27.8 Å². The first-order valence-electron chi connectivity index (χ1n) is 11.0. The van der Waals surface area contributed by atoms with Gasteiger partial charge in [0.25, 0.3) is 0 Å². The lowest BCUT2D eigenvalue weighted by Crippen LogP contribution is -2.18. The molecule has 1 saturated carbocycles. The van der Waals surface area contributed by atoms with E-state index in [1.165, 1.54) is 25.7 Å². The number of rotatable bonds is 6. The molecule has 0 saturated heterocycles. The molecule has 158 valence electrons. The number of hydrogen-bond donors (Lipinski definition) is 2. The molecule has 0 amide bonds. The van der Waals surface area contributed by atoms with Crippen LogP contribution in [0.1, 0.15) is 38.3 Å². The minimum Gasteiger partial charge on any atom is -0.371 e. The highest BCUT2D eigenvalue weighted by atomic mass is 15.3. The van der Waals surface area contributed by atoms with Crippen LogP contribution in [-0.2, 0) is 6.42 Å². The van der Waals surface area contributed by atoms with Crippen LogP contribution in [0.5, 0.6) is 0 Å². The van der Waals surface area contributed by atoms with Gasteiger partial charge in [0.05, 0.1) is 17.6 Å². The Morgan fingerprint density at radius 2 is 1.81 bits per heavy atom. The van der Waals surface area contributed by atoms with Gasteiger partial charge in [-0.1, -0.05) is 38.0 Å². The smallest absolute Gasteiger partial charge is 0.153 e. The Morgan fingerprint density at radius 1 is 1.00 bits per heavy atom. The van der Waals surface area contributed by atoms with Crippen molar-refractivity contribution in [3.63, 3.8) is 0 Å². The van der Waals surface area contributed by atoms with Crippen molar-refractivity contribution < 1.29 is 0 Å². The number of fused-ring (bicyclic) bond motifs is 1. The topological polar surface area (TPSA) is 80.6 Å². The number of aryl methyl sites for hydroxylation is 1. The van der Waals surface area contributed by atoms with E-state index in [9.17, 15) is 0 Å². The van der Waals surface area contributed by atoms with E-state index in [2.05, 4.69) is 27.6 Å². The van der Waals surface area contributed by atoms with E-state index < -0.39 is 0 Å². The first kappa shape index (κ1) is 19.5. The Kier molecular flexibility index (Phi) is 5.24. The minimum atomic E-state index is 0.479. The van der Waals surface area contributed by atoms with Crippen LogP contribution in [0.2, 0.25) is 0 Å². The fourth-order valence-electron chi connectivity index (χ4n) is 4.28. The van der Waals surface area contributed by atoms with Gasteiger partial charge in [-0.05, 0) is 31.4 Å². The van der Waals surface area contributed by atoms with Crippen molar-refractivity contribution in [2.24, 2.45) is 0 Å². The summed E-state index contributed by atoms with van der Waals surface area (Å²) in [5, 5.41) is 11.4. The van der Waals surface area contributed by atoms with Gasteiger partial charge in [-0.3, -0.25) is 0 Å². The number of benzene rings is 1. The maximum absolute atomic E-state index is 5.09. The van der Waals surface area contributed by atoms with Gasteiger partial charge in [-0.25, -0.2) is 19.6 Å². The molecule has 1 fully saturated rings. The molecule has 5 rings (SSSR count). The van der Waals surface area contributed by atoms with Crippen LogP contribution in [-0.4, -0.2) is 37.8 Å². The van der Waals surface area contributed by atoms with E-state index in [1.807, 2.05) is 60.7 Å². The monoisotopic (exact) mass is 413 g/mol. The van der Waals surface area contributed by atoms with Crippen molar-refractivity contribution >= 4 is 22.7 Å². The molecule has 0 unspecified atom stereocenters. The van der Waals surface area contributed by atoms with Crippen molar-refractivity contribution in [2.45, 2.75) is 45.1 Å². The predicted molar refractivity (Wildman–Crippen MR) is 125 cm³/mol. The lowest BCUT2D eigenvalue weighted by atomic mass is 10.1. The Hall–Kier alpha value is -3.48. The second-order valence-electron chi connectivity index (χ2n) is 7.98. The lowest BCUT2D eigenvalue weighted by molar-refractivity contribution is 0.747. The lowest BCUT2D eigenvalue weighted by Gasteiger charge is -2.17. The van der Waals surface area contributed by atoms with Gasteiger partial charge < -0.3 is 10.6 Å². The summed E-state index contributed by atoms with van der Waals surface area (Å²) < 4.78 is 1.87. The highest BCUT2D eigenvalue weighted by Crippen LogP contribution is 2.32. The summed E-state index contributed by atoms with van der Waals surface area (Å²) in [4.78, 5) is 14.7. The molecular formula is C24H27N7. The van der Waals surface area contributed by atoms with E-state index in [0.717, 1.165) is 51.6 Å². The number of nitrogens with zero attached hydrogens (tertiary/aromatic N) is 5. The molecular weight excluding hydrogens is 386 g/mol. The van der Waals surface area contributed by atoms with Crippen molar-refractivity contribution in [1.82, 2.24) is 24.7 Å². The standard InChI is InChI=1S/C24H27N7/c1-3-20-23(28-17-9-7-8-10-17)30-21-19(14-26-24(25-2)22(21)29-20)16-13-27-31(15-16)18-11-5-4-6-12-18/h4-6,11-15,17H,3,7-10H2,1-2H3,(H,25,26)(H,28,30). The Bertz CT molecular complexity index is 1190. The maximum atomic E-state index is 5.09. The third-order valence-electron chi connectivity index (χ3n) is 5.95. The number of para-hydroxylation sites is 1. The molecule has 3 heterocycles. The van der Waals surface area contributed by atoms with Gasteiger partial charge in [0.2, 0.25) is 0 Å². The molecule has 0 radical (unpaired) electrons. The summed E-state index contributed by atoms with van der Waals surface area (Å²) in [7, 11) is 1.87. The Balaban J connectivity index is 1.63. The van der Waals surface area contributed by atoms with E-state index in [4.69, 9.17) is 9.97 Å². The zero-order valence-electron chi connectivity index (χ0n) is 18.0. The molecule has 2 N–H and O–H groups in total. The van der Waals surface area contributed by atoms with Crippen LogP contribution in [0.4, 0.5) is 11.6 Å². The largest absolute Gasteiger partial charge is 0.371 e. The van der Waals surface area contributed by atoms with Crippen LogP contribution in [0.15, 0.2) is 48.9 Å². The van der Waals surface area contributed by atoms with Crippen molar-refractivity contribution in [1.29, 1.82) is 0 Å². The molecule has 7 nitrogen and oxygen atoms in total. The van der Waals surface area contributed by atoms with E-state index in [0.29, 0.717) is 6.04 Å². The summed E-state index contributed by atoms with van der Waals surface area (Å²) in [6.07, 6.45) is 11.5. The predicted octanol–water partition coefficient (Wildman–Crippen LogP) is 4.84. The van der Waals surface area contributed by atoms with Gasteiger partial charge in [0.15, 0.2) is 5.82 Å². The van der Waals surface area contributed by atoms with Crippen molar-refractivity contribution in [3.8, 4) is 16.8 Å². The fourth-order valence-corrected chi connectivity index (χ4v) is 4.28. The molecule has 0 bridgehead atoms. The Morgan fingerprint density at radius 3 is 2.55 bits per heavy atom. The Labute approximate surface area is 182 Å². The molecule has 7 heteroatoms. The molecule has 3 aromatic heterocycles. The summed E-state index contributed by atoms with van der Waals surface area (Å²) in [6.45, 7) is 2.12. The second kappa shape index (κ2) is 8.34. The minimum absolute atomic E-state index is 0.479. The van der Waals surface area contributed by atoms with E-state index in [1.54, 1.807) is 0 Å². The van der Waals surface area contributed by atoms with Gasteiger partial charge >= 0.3 is 0 Å². The summed E-state index contributed by atoms with van der Waals surface area (Å²) in [5.74, 6) is 1.63. The second-order valence-corrected chi connectivity index (χ2v) is 7.98. The zero-order valence-corrected chi connectivity index (χ0v) is 18.0. The molecule has 1 aliphatic carbocycles. The average molecular weight is 414 g/mol. The average Bonchev–Trinajstić information content (AvgIpc) is 3.51. The SMILES string of the molecule is CCc1nc2c(NC)ncc(-c3cnn(-c4ccccc4)c3)c2nc1NC1CCCC1. The zero-order chi connectivity index (χ0) is 21.2. The molecule has 1 aliphatic rings. The third-order valence-corrected chi connectivity index (χ3v) is 5.95. The van der Waals surface area contributed by atoms with Crippen LogP contribution in [0, 0.1) is 0 Å². The molecule has 31 heavy (non-hydrogen) atoms. The molecule has 0 aliphatic heterocycles. The quantitative estimate of drug-likeness (QED) is 0.471. The fraction of sp³-hybridized carbons (Fsp3) is 0.333. The van der Waals surface area contributed by atoms with E-state index in [-0.39, 0.29) is 0 Å². The van der Waals surface area contributed by atoms with Gasteiger partial charge in [-0.15, -0.1) is 0 Å². The first-order valence-corrected chi connectivity index (χ1v) is 11.0. The van der Waals surface area contributed by atoms with Crippen molar-refractivity contribution in [3.05, 3.63) is 54.6 Å². The maximum Gasteiger partial charge on any atom is 0.153 e. The van der Waals surface area contributed by atoms with Crippen LogP contribution >= 0.6 is 0 Å². The molecule has 1 aromatic carbocycles. The van der Waals surface area contributed by atoms with Crippen molar-refractivity contribution in [2.75, 3.05) is 17.7 Å². The third kappa shape index (κ3) is 3.71. The molecule has 4 aromatic rings. The first-order chi connectivity index (χ1) is 15.3. The number of hydrogen-bond acceptors (Lipinski definition) is 6. The highest BCUT2D eigenvalue weighted by molar-refractivity contribution is 5.97. The number of aromatic nitrogens is 5. The number of pyridine rings is 1. The van der Waals surface area contributed by atoms with Gasteiger partial charge in [-0.2, -0.15) is 5.10 Å². The summed E-state index contributed by atoms with van der Waals surface area (Å²) in [6, 6.07) is 10.6.